The van der Waals surface area contributed by atoms with Gasteiger partial charge in [0.05, 0.1) is 24.0 Å². The fourth-order valence-corrected chi connectivity index (χ4v) is 12.2. The van der Waals surface area contributed by atoms with E-state index in [4.69, 9.17) is 93.4 Å². The van der Waals surface area contributed by atoms with Crippen LogP contribution in [-0.4, -0.2) is 207 Å². The zero-order chi connectivity index (χ0) is 98.8. The van der Waals surface area contributed by atoms with Crippen molar-refractivity contribution in [3.05, 3.63) is 239 Å². The monoisotopic (exact) mass is 1960 g/mol. The molecule has 0 radical (unpaired) electrons. The van der Waals surface area contributed by atoms with Gasteiger partial charge in [0, 0.05) is 165 Å². The minimum Gasteiger partial charge on any atom is -0.497 e. The van der Waals surface area contributed by atoms with Crippen LogP contribution in [0.25, 0.3) is 0 Å². The number of Topliss-reactive ketones (excluding diaryl/α,β-unsaturated/α-hetero) is 1. The molecule has 13 N–H and O–H groups in total. The minimum atomic E-state index is -3.61. The van der Waals surface area contributed by atoms with Crippen LogP contribution in [0.5, 0.6) is 5.75 Å². The molecular weight excluding hydrogens is 1840 g/mol. The van der Waals surface area contributed by atoms with Gasteiger partial charge in [-0.25, -0.2) is 57.5 Å². The lowest BCUT2D eigenvalue weighted by molar-refractivity contribution is -0.145. The summed E-state index contributed by atoms with van der Waals surface area (Å²) in [5.74, 6) is 3.81. The van der Waals surface area contributed by atoms with Crippen LogP contribution >= 0.6 is 68.7 Å². The van der Waals surface area contributed by atoms with E-state index in [1.165, 1.54) is 66.6 Å². The number of aryl methyl sites for hydroxylation is 9. The Morgan fingerprint density at radius 2 is 0.841 bits per heavy atom. The quantitative estimate of drug-likeness (QED) is 0.00749. The van der Waals surface area contributed by atoms with E-state index >= 15 is 0 Å². The Morgan fingerprint density at radius 1 is 0.485 bits per heavy atom. The predicted octanol–water partition coefficient (Wildman–Crippen LogP) is 16.1. The highest BCUT2D eigenvalue weighted by atomic mass is 35.7. The maximum atomic E-state index is 12.2. The molecule has 0 atom stereocenters. The Hall–Kier alpha value is -11.7. The lowest BCUT2D eigenvalue weighted by atomic mass is 10.2. The summed E-state index contributed by atoms with van der Waals surface area (Å²) in [6.45, 7) is 41.8. The molecule has 0 unspecified atom stereocenters. The molecule has 10 aromatic rings. The molecule has 42 heteroatoms. The van der Waals surface area contributed by atoms with Crippen molar-refractivity contribution in [2.24, 2.45) is 11.5 Å². The number of aromatic amines is 2. The normalized spacial score (nSPS) is 12.4. The standard InChI is InChI=1S/C21H29N5O2.C16H21N5.C12H12ClN3.C9H18N2O2.C7H7ClO3S.C7H9N.C6H10O3.C5H4Cl2N2.C5H6N2O2.CH2Cl2.CH4N2O/c1-15-6-8-17(9-7-15)23-18-14-16(2)22-19(24-18)25-10-12-26(13-11-25)20(27)28-21(3,4)5;1-12-3-5-14(6-4-12)19-15-11-13(2)18-16(20-15)21-9-7-17-8-10-21;1-8-3-5-10(6-4-8)15-11-7-9(2)14-12(13)16-11;1-9(2,3)13-8(12)11-6-4-10-5-7-11;1-11-6-2-4-7(5-3-6)12(8,9)10;1-6-2-4-7(8)5-3-6;1-3-9-6(8)4-5(2)7;1-3-2-4(6)9-5(7)8-3;1-3-2-4(8)7-5(9)6-3;2-1-3;2-1(3)4/h6-9,14H,10-13H2,1-5H3,(H,22,23,24);3-6,11,17H,7-10H2,1-2H3,(H,18,19,20);3-7H,1-2H3,(H,14,15,16);10H,4-7H2,1-3H3;2-5H,1H3;2-5H,8H2,1H3;3-4H2,1-2H3;2H,1H3;2H,1H3,(H2,6,7,8,9);1H2;(H4,2,3,4). The minimum absolute atomic E-state index is 0.0740. The second kappa shape index (κ2) is 59.6. The molecule has 4 amide bonds. The van der Waals surface area contributed by atoms with E-state index in [1.54, 1.807) is 36.6 Å². The smallest absolute Gasteiger partial charge is 0.410 e. The summed E-state index contributed by atoms with van der Waals surface area (Å²) < 4.78 is 41.5. The van der Waals surface area contributed by atoms with Gasteiger partial charge in [-0.05, 0) is 220 Å². The van der Waals surface area contributed by atoms with Gasteiger partial charge in [-0.2, -0.15) is 9.97 Å². The van der Waals surface area contributed by atoms with Crippen LogP contribution in [0.15, 0.2) is 166 Å². The number of nitrogens with two attached hydrogens (primary N) is 3. The Kier molecular flexibility index (Phi) is 51.7. The number of urea groups is 1. The molecule has 35 nitrogen and oxygen atoms in total. The molecular formula is C90H122Cl6N22O13S. The molecule has 8 heterocycles. The van der Waals surface area contributed by atoms with Crippen molar-refractivity contribution in [1.29, 1.82) is 0 Å². The molecule has 3 aliphatic rings. The number of nitrogen functional groups attached to an aromatic ring is 1. The number of halogens is 6. The Balaban J connectivity index is 0.000000391. The van der Waals surface area contributed by atoms with E-state index < -0.39 is 32.3 Å². The second-order valence-electron chi connectivity index (χ2n) is 31.0. The van der Waals surface area contributed by atoms with Crippen molar-refractivity contribution in [2.45, 2.75) is 140 Å². The number of methoxy groups -OCH3 is 1. The number of rotatable bonds is 13. The molecule has 3 fully saturated rings. The average Bonchev–Trinajstić information content (AvgIpc) is 0.826. The lowest BCUT2D eigenvalue weighted by Crippen LogP contribution is -2.50. The van der Waals surface area contributed by atoms with E-state index in [9.17, 15) is 37.2 Å². The molecule has 3 aliphatic heterocycles. The molecule has 132 heavy (non-hydrogen) atoms. The summed E-state index contributed by atoms with van der Waals surface area (Å²) in [6.07, 6.45) is -0.568. The van der Waals surface area contributed by atoms with Crippen LogP contribution in [0.1, 0.15) is 113 Å². The largest absolute Gasteiger partial charge is 0.497 e. The number of carbonyl (C=O) groups excluding carboxylic acids is 5. The van der Waals surface area contributed by atoms with Crippen molar-refractivity contribution >= 4 is 160 Å². The third-order valence-corrected chi connectivity index (χ3v) is 18.6. The van der Waals surface area contributed by atoms with E-state index in [-0.39, 0.29) is 56.4 Å². The zero-order valence-electron chi connectivity index (χ0n) is 77.6. The molecule has 5 aromatic heterocycles. The highest BCUT2D eigenvalue weighted by Gasteiger charge is 2.28. The fraction of sp³-hybridized carbons (Fsp3) is 0.389. The molecule has 5 aromatic carbocycles. The van der Waals surface area contributed by atoms with Crippen LogP contribution in [0, 0.1) is 62.3 Å². The number of amides is 4. The molecule has 3 saturated heterocycles. The summed E-state index contributed by atoms with van der Waals surface area (Å²) in [4.78, 5) is 121. The van der Waals surface area contributed by atoms with Gasteiger partial charge in [0.15, 0.2) is 0 Å². The summed E-state index contributed by atoms with van der Waals surface area (Å²) in [5, 5.41) is 17.4. The number of benzene rings is 5. The number of ether oxygens (including phenoxy) is 4. The van der Waals surface area contributed by atoms with Crippen molar-refractivity contribution in [3.63, 3.8) is 0 Å². The summed E-state index contributed by atoms with van der Waals surface area (Å²) in [5.41, 5.74) is 25.1. The molecule has 0 spiro atoms. The number of nitrogens with one attached hydrogen (secondary N) is 7. The van der Waals surface area contributed by atoms with Crippen molar-refractivity contribution in [2.75, 3.05) is 129 Å². The SMILES string of the molecule is CC(C)(C)OC(=O)N1CCNCC1.CCOC(=O)CC(C)=O.COc1ccc(S(=O)(=O)Cl)cc1.Cc1cc(=O)[nH]c(=O)[nH]1.Cc1cc(Cl)nc(Cl)n1.Cc1ccc(N)cc1.Cc1ccc(Nc2cc(C)nc(Cl)n2)cc1.Cc1ccc(Nc2cc(C)nc(N3CCN(C(=O)OC(C)(C)C)CC3)n2)cc1.Cc1ccc(Nc2cc(C)nc(N3CCNCC3)n2)cc1.ClCCl.NC(N)=O. The van der Waals surface area contributed by atoms with Crippen molar-refractivity contribution < 1.29 is 51.3 Å². The number of aromatic nitrogens is 10. The van der Waals surface area contributed by atoms with Crippen molar-refractivity contribution in [3.8, 4) is 5.75 Å². The zero-order valence-corrected chi connectivity index (χ0v) is 83.0. The topological polar surface area (TPSA) is 476 Å². The number of carbonyl (C=O) groups is 5. The van der Waals surface area contributed by atoms with Gasteiger partial charge >= 0.3 is 29.9 Å². The molecule has 718 valence electrons. The van der Waals surface area contributed by atoms with Crippen LogP contribution in [-0.2, 0) is 32.9 Å². The van der Waals surface area contributed by atoms with Gasteiger partial charge in [0.1, 0.15) is 51.8 Å². The first-order valence-corrected chi connectivity index (χ1v) is 45.8. The number of ketones is 1. The van der Waals surface area contributed by atoms with Crippen LogP contribution in [0.4, 0.5) is 66.5 Å². The number of primary amides is 2. The molecule has 13 rings (SSSR count). The molecule has 0 aliphatic carbocycles. The number of anilines is 9. The second-order valence-corrected chi connectivity index (χ2v) is 35.5. The number of hydrogen-bond acceptors (Lipinski definition) is 29. The van der Waals surface area contributed by atoms with Gasteiger partial charge in [-0.3, -0.25) is 19.4 Å². The van der Waals surface area contributed by atoms with Crippen LogP contribution < -0.4 is 69.6 Å². The number of H-pyrrole nitrogens is 2. The first-order valence-electron chi connectivity index (χ1n) is 41.3. The van der Waals surface area contributed by atoms with E-state index in [0.29, 0.717) is 61.1 Å². The molecule has 0 saturated carbocycles. The summed E-state index contributed by atoms with van der Waals surface area (Å²) >= 11 is 26.3. The number of piperazine rings is 3. The lowest BCUT2D eigenvalue weighted by Gasteiger charge is -2.35. The predicted molar refractivity (Wildman–Crippen MR) is 528 cm³/mol. The van der Waals surface area contributed by atoms with Gasteiger partial charge in [-0.15, -0.1) is 23.2 Å². The average molecular weight is 1960 g/mol. The Labute approximate surface area is 801 Å². The first-order chi connectivity index (χ1) is 62.0. The van der Waals surface area contributed by atoms with Crippen LogP contribution in [0.2, 0.25) is 15.7 Å². The van der Waals surface area contributed by atoms with Gasteiger partial charge in [-0.1, -0.05) is 82.4 Å². The van der Waals surface area contributed by atoms with E-state index in [0.717, 1.165) is 115 Å². The highest BCUT2D eigenvalue weighted by Crippen LogP contribution is 2.25. The fourth-order valence-electron chi connectivity index (χ4n) is 10.7. The highest BCUT2D eigenvalue weighted by molar-refractivity contribution is 8.13. The Morgan fingerprint density at radius 3 is 1.17 bits per heavy atom. The van der Waals surface area contributed by atoms with Gasteiger partial charge in [0.2, 0.25) is 22.5 Å². The summed E-state index contributed by atoms with van der Waals surface area (Å²) in [7, 11) is 2.98. The number of hydrogen-bond donors (Lipinski definition) is 10. The maximum absolute atomic E-state index is 12.2. The number of nitrogens with zero attached hydrogens (tertiary/aromatic N) is 12. The van der Waals surface area contributed by atoms with Gasteiger partial charge in [0.25, 0.3) is 14.6 Å². The van der Waals surface area contributed by atoms with Crippen LogP contribution in [0.3, 0.4) is 0 Å². The number of alkyl halides is 2. The maximum Gasteiger partial charge on any atom is 0.410 e. The third kappa shape index (κ3) is 51.8. The van der Waals surface area contributed by atoms with Gasteiger partial charge < -0.3 is 87.3 Å². The molecule has 0 bridgehead atoms. The first kappa shape index (κ1) is 114. The van der Waals surface area contributed by atoms with E-state index in [2.05, 4.69) is 155 Å². The third-order valence-electron chi connectivity index (χ3n) is 16.7. The van der Waals surface area contributed by atoms with E-state index in [1.807, 2.05) is 153 Å². The van der Waals surface area contributed by atoms with Crippen molar-refractivity contribution in [1.82, 2.24) is 70.3 Å². The Bertz CT molecular complexity index is 5290. The summed E-state index contributed by atoms with van der Waals surface area (Å²) in [6, 6.07) is 46.1. The number of esters is 1.